The smallest absolute Gasteiger partial charge is 0.244 e. The summed E-state index contributed by atoms with van der Waals surface area (Å²) >= 11 is 0. The summed E-state index contributed by atoms with van der Waals surface area (Å²) in [6, 6.07) is 4.90. The number of carbonyl (C=O) groups is 1. The van der Waals surface area contributed by atoms with Crippen LogP contribution in [0.25, 0.3) is 0 Å². The van der Waals surface area contributed by atoms with Crippen LogP contribution in [-0.2, 0) is 22.0 Å². The van der Waals surface area contributed by atoms with Crippen molar-refractivity contribution in [3.05, 3.63) is 46.0 Å². The van der Waals surface area contributed by atoms with E-state index in [9.17, 15) is 4.79 Å². The number of aryl methyl sites for hydroxylation is 1. The van der Waals surface area contributed by atoms with Gasteiger partial charge in [0.25, 0.3) is 0 Å². The third-order valence-electron chi connectivity index (χ3n) is 6.34. The molecule has 0 spiro atoms. The number of rotatable bonds is 3. The van der Waals surface area contributed by atoms with Gasteiger partial charge in [-0.15, -0.1) is 0 Å². The molecule has 2 N–H and O–H groups in total. The zero-order valence-corrected chi connectivity index (χ0v) is 15.8. The van der Waals surface area contributed by atoms with E-state index in [1.54, 1.807) is 0 Å². The lowest BCUT2D eigenvalue weighted by Crippen LogP contribution is -2.34. The number of nitrogens with two attached hydrogens (primary N) is 1. The van der Waals surface area contributed by atoms with Crippen molar-refractivity contribution in [3.8, 4) is 0 Å². The van der Waals surface area contributed by atoms with Crippen molar-refractivity contribution in [1.29, 1.82) is 0 Å². The van der Waals surface area contributed by atoms with Crippen molar-refractivity contribution >= 4 is 5.91 Å². The molecule has 0 saturated carbocycles. The fourth-order valence-electron chi connectivity index (χ4n) is 4.44. The van der Waals surface area contributed by atoms with Crippen LogP contribution in [0.1, 0.15) is 75.6 Å². The third kappa shape index (κ3) is 3.03. The number of hydrogen-bond donors (Lipinski definition) is 1. The van der Waals surface area contributed by atoms with Crippen LogP contribution in [0, 0.1) is 12.8 Å². The molecule has 0 fully saturated rings. The first-order valence-corrected chi connectivity index (χ1v) is 9.23. The number of hydrogen-bond acceptors (Lipinski definition) is 1. The van der Waals surface area contributed by atoms with Crippen molar-refractivity contribution in [2.75, 3.05) is 0 Å². The van der Waals surface area contributed by atoms with Crippen molar-refractivity contribution in [1.82, 2.24) is 0 Å². The summed E-state index contributed by atoms with van der Waals surface area (Å²) in [5.41, 5.74) is 12.7. The van der Waals surface area contributed by atoms with E-state index in [1.165, 1.54) is 35.1 Å². The zero-order chi connectivity index (χ0) is 17.7. The predicted molar refractivity (Wildman–Crippen MR) is 100 cm³/mol. The molecule has 3 rings (SSSR count). The number of benzene rings is 1. The second kappa shape index (κ2) is 5.75. The molecule has 2 aliphatic rings. The zero-order valence-electron chi connectivity index (χ0n) is 15.8. The number of primary amides is 1. The van der Waals surface area contributed by atoms with Crippen LogP contribution >= 0.6 is 0 Å². The quantitative estimate of drug-likeness (QED) is 0.859. The van der Waals surface area contributed by atoms with Crippen LogP contribution in [0.2, 0.25) is 0 Å². The Morgan fingerprint density at radius 2 is 1.71 bits per heavy atom. The lowest BCUT2D eigenvalue weighted by Gasteiger charge is -2.42. The Morgan fingerprint density at radius 3 is 2.25 bits per heavy atom. The summed E-state index contributed by atoms with van der Waals surface area (Å²) in [6.45, 7) is 11.7. The first-order chi connectivity index (χ1) is 11.1. The molecule has 1 aromatic rings. The number of carbonyl (C=O) groups excluding carboxylic acids is 1. The van der Waals surface area contributed by atoms with E-state index in [4.69, 9.17) is 5.73 Å². The summed E-state index contributed by atoms with van der Waals surface area (Å²) in [7, 11) is 0. The molecule has 0 aromatic heterocycles. The summed E-state index contributed by atoms with van der Waals surface area (Å²) in [5, 5.41) is 0. The summed E-state index contributed by atoms with van der Waals surface area (Å²) in [5.74, 6) is 0.270. The van der Waals surface area contributed by atoms with Gasteiger partial charge in [0.15, 0.2) is 0 Å². The molecule has 2 nitrogen and oxygen atoms in total. The van der Waals surface area contributed by atoms with E-state index < -0.39 is 0 Å². The van der Waals surface area contributed by atoms with E-state index in [0.29, 0.717) is 5.92 Å². The van der Waals surface area contributed by atoms with Gasteiger partial charge in [0.1, 0.15) is 0 Å². The fraction of sp³-hybridized carbons (Fsp3) is 0.591. The monoisotopic (exact) mass is 325 g/mol. The summed E-state index contributed by atoms with van der Waals surface area (Å²) in [4.78, 5) is 11.4. The van der Waals surface area contributed by atoms with Gasteiger partial charge in [-0.25, -0.2) is 0 Å². The highest BCUT2D eigenvalue weighted by molar-refractivity contribution is 5.92. The van der Waals surface area contributed by atoms with Crippen LogP contribution in [0.4, 0.5) is 0 Å². The average molecular weight is 325 g/mol. The number of fused-ring (bicyclic) bond motifs is 1. The van der Waals surface area contributed by atoms with E-state index in [1.807, 2.05) is 6.08 Å². The van der Waals surface area contributed by atoms with Gasteiger partial charge in [-0.3, -0.25) is 4.79 Å². The van der Waals surface area contributed by atoms with Gasteiger partial charge < -0.3 is 5.73 Å². The Morgan fingerprint density at radius 1 is 1.12 bits per heavy atom. The molecular formula is C22H31NO. The topological polar surface area (TPSA) is 43.1 Å². The normalized spacial score (nSPS) is 24.4. The van der Waals surface area contributed by atoms with Crippen molar-refractivity contribution in [2.45, 2.75) is 77.6 Å². The Labute approximate surface area is 146 Å². The molecule has 0 radical (unpaired) electrons. The number of allylic oxidation sites excluding steroid dienone is 1. The van der Waals surface area contributed by atoms with Gasteiger partial charge in [0.2, 0.25) is 5.91 Å². The van der Waals surface area contributed by atoms with E-state index in [2.05, 4.69) is 46.8 Å². The maximum atomic E-state index is 11.4. The predicted octanol–water partition coefficient (Wildman–Crippen LogP) is 4.71. The fourth-order valence-corrected chi connectivity index (χ4v) is 4.44. The van der Waals surface area contributed by atoms with Crippen LogP contribution in [-0.4, -0.2) is 5.91 Å². The van der Waals surface area contributed by atoms with Crippen molar-refractivity contribution < 1.29 is 4.79 Å². The Kier molecular flexibility index (Phi) is 4.14. The highest BCUT2D eigenvalue weighted by Crippen LogP contribution is 2.46. The van der Waals surface area contributed by atoms with Crippen molar-refractivity contribution in [3.63, 3.8) is 0 Å². The lowest BCUT2D eigenvalue weighted by molar-refractivity contribution is -0.114. The van der Waals surface area contributed by atoms with E-state index in [-0.39, 0.29) is 16.7 Å². The first-order valence-electron chi connectivity index (χ1n) is 9.23. The Hall–Kier alpha value is -1.57. The van der Waals surface area contributed by atoms with Crippen LogP contribution in [0.3, 0.4) is 0 Å². The maximum Gasteiger partial charge on any atom is 0.244 e. The highest BCUT2D eigenvalue weighted by Gasteiger charge is 2.37. The van der Waals surface area contributed by atoms with Gasteiger partial charge in [0, 0.05) is 5.57 Å². The molecule has 2 aliphatic carbocycles. The lowest BCUT2D eigenvalue weighted by atomic mass is 9.62. The average Bonchev–Trinajstić information content (AvgIpc) is 2.94. The molecule has 0 bridgehead atoms. The minimum atomic E-state index is -0.248. The minimum Gasteiger partial charge on any atom is -0.366 e. The number of amides is 1. The summed E-state index contributed by atoms with van der Waals surface area (Å²) < 4.78 is 0. The van der Waals surface area contributed by atoms with Gasteiger partial charge in [0.05, 0.1) is 0 Å². The standard InChI is InChI=1S/C22H31NO/c1-14-10-18-19(22(4,5)9-8-21(18,2)3)13-17(14)12-15-6-7-16(11-15)20(23)24/h7,10,13,15H,6,8-9,11-12H2,1-5H3,(H2,23,24). The second-order valence-corrected chi connectivity index (χ2v) is 9.20. The van der Waals surface area contributed by atoms with Crippen LogP contribution in [0.15, 0.2) is 23.8 Å². The minimum absolute atomic E-state index is 0.248. The molecular weight excluding hydrogens is 294 g/mol. The molecule has 0 saturated heterocycles. The van der Waals surface area contributed by atoms with E-state index in [0.717, 1.165) is 24.8 Å². The van der Waals surface area contributed by atoms with E-state index >= 15 is 0 Å². The van der Waals surface area contributed by atoms with Gasteiger partial charge in [-0.05, 0) is 78.0 Å². The SMILES string of the molecule is Cc1cc2c(cc1CC1CC=C(C(N)=O)C1)C(C)(C)CCC2(C)C. The molecule has 1 unspecified atom stereocenters. The highest BCUT2D eigenvalue weighted by atomic mass is 16.1. The third-order valence-corrected chi connectivity index (χ3v) is 6.34. The molecule has 0 heterocycles. The molecule has 1 amide bonds. The molecule has 2 heteroatoms. The van der Waals surface area contributed by atoms with Gasteiger partial charge in [-0.1, -0.05) is 45.9 Å². The molecule has 1 aromatic carbocycles. The van der Waals surface area contributed by atoms with Crippen molar-refractivity contribution in [2.24, 2.45) is 11.7 Å². The molecule has 0 aliphatic heterocycles. The Bertz CT molecular complexity index is 709. The second-order valence-electron chi connectivity index (χ2n) is 9.20. The Balaban J connectivity index is 1.90. The summed E-state index contributed by atoms with van der Waals surface area (Å²) in [6.07, 6.45) is 7.38. The van der Waals surface area contributed by atoms with Crippen LogP contribution < -0.4 is 5.73 Å². The van der Waals surface area contributed by atoms with Crippen LogP contribution in [0.5, 0.6) is 0 Å². The molecule has 130 valence electrons. The maximum absolute atomic E-state index is 11.4. The largest absolute Gasteiger partial charge is 0.366 e. The molecule has 1 atom stereocenters. The van der Waals surface area contributed by atoms with Gasteiger partial charge >= 0.3 is 0 Å². The van der Waals surface area contributed by atoms with Gasteiger partial charge in [-0.2, -0.15) is 0 Å². The molecule has 24 heavy (non-hydrogen) atoms. The first kappa shape index (κ1) is 17.3.